The van der Waals surface area contributed by atoms with Crippen LogP contribution in [0.1, 0.15) is 21.9 Å². The van der Waals surface area contributed by atoms with Gasteiger partial charge in [-0.05, 0) is 26.0 Å². The second-order valence-electron chi connectivity index (χ2n) is 7.80. The van der Waals surface area contributed by atoms with Crippen molar-refractivity contribution in [3.8, 4) is 16.4 Å². The minimum absolute atomic E-state index is 0.000653. The highest BCUT2D eigenvalue weighted by molar-refractivity contribution is 7.13. The van der Waals surface area contributed by atoms with Gasteiger partial charge in [0.2, 0.25) is 0 Å². The van der Waals surface area contributed by atoms with E-state index in [9.17, 15) is 4.79 Å². The predicted octanol–water partition coefficient (Wildman–Crippen LogP) is 3.97. The number of anilines is 1. The highest BCUT2D eigenvalue weighted by Gasteiger charge is 2.27. The van der Waals surface area contributed by atoms with Gasteiger partial charge in [-0.3, -0.25) is 4.79 Å². The Balaban J connectivity index is 1.28. The molecule has 4 aromatic rings. The van der Waals surface area contributed by atoms with Crippen LogP contribution in [0.2, 0.25) is 0 Å². The van der Waals surface area contributed by atoms with Crippen LogP contribution in [0, 0.1) is 13.8 Å². The molecule has 1 aliphatic rings. The zero-order valence-electron chi connectivity index (χ0n) is 18.1. The number of aromatic nitrogens is 4. The lowest BCUT2D eigenvalue weighted by atomic mass is 10.2. The number of carbonyl (C=O) groups excluding carboxylic acids is 1. The molecule has 0 spiro atoms. The molecular weight excluding hydrogens is 420 g/mol. The second-order valence-corrected chi connectivity index (χ2v) is 8.66. The SMILES string of the molecule is Cc1nn(-c2ccccn2)c(C)c1N1CCN(C(=O)c2csc(-c3ccccc3)n2)CC1. The molecule has 1 fully saturated rings. The number of piperazine rings is 1. The molecule has 3 aromatic heterocycles. The minimum atomic E-state index is 0.000653. The number of benzene rings is 1. The summed E-state index contributed by atoms with van der Waals surface area (Å²) < 4.78 is 1.89. The van der Waals surface area contributed by atoms with Crippen LogP contribution < -0.4 is 4.90 Å². The smallest absolute Gasteiger partial charge is 0.273 e. The summed E-state index contributed by atoms with van der Waals surface area (Å²) in [6, 6.07) is 15.8. The van der Waals surface area contributed by atoms with Gasteiger partial charge < -0.3 is 9.80 Å². The van der Waals surface area contributed by atoms with E-state index in [1.807, 2.05) is 70.4 Å². The number of aryl methyl sites for hydroxylation is 1. The first-order valence-corrected chi connectivity index (χ1v) is 11.5. The van der Waals surface area contributed by atoms with Crippen LogP contribution >= 0.6 is 11.3 Å². The van der Waals surface area contributed by atoms with Gasteiger partial charge in [0, 0.05) is 43.3 Å². The number of thiazole rings is 1. The molecule has 32 heavy (non-hydrogen) atoms. The maximum absolute atomic E-state index is 13.0. The normalized spacial score (nSPS) is 14.1. The van der Waals surface area contributed by atoms with E-state index >= 15 is 0 Å². The Bertz CT molecular complexity index is 1230. The fraction of sp³-hybridized carbons (Fsp3) is 0.250. The molecule has 1 amide bonds. The summed E-state index contributed by atoms with van der Waals surface area (Å²) in [5.41, 5.74) is 4.73. The number of amides is 1. The summed E-state index contributed by atoms with van der Waals surface area (Å²) in [5.74, 6) is 0.812. The highest BCUT2D eigenvalue weighted by atomic mass is 32.1. The van der Waals surface area contributed by atoms with E-state index in [-0.39, 0.29) is 5.91 Å². The molecule has 8 heteroatoms. The zero-order chi connectivity index (χ0) is 22.1. The lowest BCUT2D eigenvalue weighted by Crippen LogP contribution is -2.49. The second kappa shape index (κ2) is 8.55. The first-order valence-electron chi connectivity index (χ1n) is 10.6. The number of nitrogens with zero attached hydrogens (tertiary/aromatic N) is 6. The molecule has 0 bridgehead atoms. The van der Waals surface area contributed by atoms with E-state index in [0.717, 1.165) is 46.6 Å². The molecular formula is C24H24N6OS. The lowest BCUT2D eigenvalue weighted by molar-refractivity contribution is 0.0742. The Hall–Kier alpha value is -3.52. The van der Waals surface area contributed by atoms with Crippen molar-refractivity contribution in [3.05, 3.63) is 77.2 Å². The maximum Gasteiger partial charge on any atom is 0.273 e. The van der Waals surface area contributed by atoms with Crippen LogP contribution in [0.4, 0.5) is 5.69 Å². The monoisotopic (exact) mass is 444 g/mol. The van der Waals surface area contributed by atoms with Crippen molar-refractivity contribution in [1.82, 2.24) is 24.6 Å². The van der Waals surface area contributed by atoms with E-state index in [2.05, 4.69) is 21.8 Å². The molecule has 0 N–H and O–H groups in total. The van der Waals surface area contributed by atoms with Crippen LogP contribution in [0.25, 0.3) is 16.4 Å². The van der Waals surface area contributed by atoms with E-state index in [1.165, 1.54) is 11.3 Å². The van der Waals surface area contributed by atoms with Crippen molar-refractivity contribution in [2.75, 3.05) is 31.1 Å². The predicted molar refractivity (Wildman–Crippen MR) is 126 cm³/mol. The molecule has 1 aromatic carbocycles. The summed E-state index contributed by atoms with van der Waals surface area (Å²) in [4.78, 5) is 26.3. The van der Waals surface area contributed by atoms with Gasteiger partial charge in [-0.2, -0.15) is 5.10 Å². The summed E-state index contributed by atoms with van der Waals surface area (Å²) in [6.07, 6.45) is 1.78. The summed E-state index contributed by atoms with van der Waals surface area (Å²) in [5, 5.41) is 7.45. The fourth-order valence-corrected chi connectivity index (χ4v) is 4.97. The molecule has 0 unspecified atom stereocenters. The number of hydrogen-bond donors (Lipinski definition) is 0. The quantitative estimate of drug-likeness (QED) is 0.477. The average Bonchev–Trinajstić information content (AvgIpc) is 3.45. The third kappa shape index (κ3) is 3.78. The minimum Gasteiger partial charge on any atom is -0.365 e. The molecule has 0 saturated carbocycles. The van der Waals surface area contributed by atoms with E-state index in [4.69, 9.17) is 5.10 Å². The van der Waals surface area contributed by atoms with Crippen molar-refractivity contribution in [1.29, 1.82) is 0 Å². The zero-order valence-corrected chi connectivity index (χ0v) is 18.9. The van der Waals surface area contributed by atoms with Gasteiger partial charge in [-0.25, -0.2) is 14.6 Å². The molecule has 0 radical (unpaired) electrons. The Morgan fingerprint density at radius 3 is 2.44 bits per heavy atom. The molecule has 162 valence electrons. The standard InChI is InChI=1S/C24H24N6OS/c1-17-22(18(2)30(27-17)21-10-6-7-11-25-21)28-12-14-29(15-13-28)24(31)20-16-32-23(26-20)19-8-4-3-5-9-19/h3-11,16H,12-15H2,1-2H3. The van der Waals surface area contributed by atoms with Gasteiger partial charge >= 0.3 is 0 Å². The van der Waals surface area contributed by atoms with Gasteiger partial charge in [0.05, 0.1) is 17.1 Å². The van der Waals surface area contributed by atoms with Crippen LogP contribution in [0.3, 0.4) is 0 Å². The summed E-state index contributed by atoms with van der Waals surface area (Å²) in [6.45, 7) is 6.94. The molecule has 1 saturated heterocycles. The molecule has 0 atom stereocenters. The average molecular weight is 445 g/mol. The van der Waals surface area contributed by atoms with Gasteiger partial charge in [0.25, 0.3) is 5.91 Å². The number of hydrogen-bond acceptors (Lipinski definition) is 6. The van der Waals surface area contributed by atoms with Gasteiger partial charge in [-0.1, -0.05) is 36.4 Å². The van der Waals surface area contributed by atoms with Crippen LogP contribution in [-0.4, -0.2) is 56.7 Å². The van der Waals surface area contributed by atoms with Crippen molar-refractivity contribution >= 4 is 22.9 Å². The maximum atomic E-state index is 13.0. The van der Waals surface area contributed by atoms with Crippen molar-refractivity contribution in [2.24, 2.45) is 0 Å². The molecule has 0 aliphatic carbocycles. The topological polar surface area (TPSA) is 67.2 Å². The molecule has 7 nitrogen and oxygen atoms in total. The largest absolute Gasteiger partial charge is 0.365 e. The van der Waals surface area contributed by atoms with Gasteiger partial charge in [-0.15, -0.1) is 11.3 Å². The van der Waals surface area contributed by atoms with Crippen molar-refractivity contribution < 1.29 is 4.79 Å². The fourth-order valence-electron chi connectivity index (χ4n) is 4.17. The third-order valence-corrected chi connectivity index (χ3v) is 6.64. The van der Waals surface area contributed by atoms with Crippen molar-refractivity contribution in [3.63, 3.8) is 0 Å². The van der Waals surface area contributed by atoms with Crippen molar-refractivity contribution in [2.45, 2.75) is 13.8 Å². The van der Waals surface area contributed by atoms with E-state index in [1.54, 1.807) is 6.20 Å². The van der Waals surface area contributed by atoms with E-state index < -0.39 is 0 Å². The Morgan fingerprint density at radius 2 is 1.72 bits per heavy atom. The molecule has 5 rings (SSSR count). The number of carbonyl (C=O) groups is 1. The van der Waals surface area contributed by atoms with Crippen LogP contribution in [0.15, 0.2) is 60.1 Å². The Morgan fingerprint density at radius 1 is 0.969 bits per heavy atom. The van der Waals surface area contributed by atoms with Crippen LogP contribution in [0.5, 0.6) is 0 Å². The summed E-state index contributed by atoms with van der Waals surface area (Å²) in [7, 11) is 0. The van der Waals surface area contributed by atoms with Gasteiger partial charge in [0.15, 0.2) is 5.82 Å². The Kier molecular flexibility index (Phi) is 5.45. The Labute approximate surface area is 191 Å². The van der Waals surface area contributed by atoms with Crippen LogP contribution in [-0.2, 0) is 0 Å². The highest BCUT2D eigenvalue weighted by Crippen LogP contribution is 2.28. The first kappa shape index (κ1) is 20.4. The number of rotatable bonds is 4. The third-order valence-electron chi connectivity index (χ3n) is 5.75. The first-order chi connectivity index (χ1) is 15.6. The number of pyridine rings is 1. The summed E-state index contributed by atoms with van der Waals surface area (Å²) >= 11 is 1.51. The van der Waals surface area contributed by atoms with Gasteiger partial charge in [0.1, 0.15) is 10.7 Å². The lowest BCUT2D eigenvalue weighted by Gasteiger charge is -2.36. The molecule has 4 heterocycles. The van der Waals surface area contributed by atoms with E-state index in [0.29, 0.717) is 18.8 Å². The molecule has 1 aliphatic heterocycles.